The second kappa shape index (κ2) is 8.69. The molecule has 0 unspecified atom stereocenters. The van der Waals surface area contributed by atoms with Crippen molar-refractivity contribution in [2.45, 2.75) is 13.3 Å². The molecule has 158 valence electrons. The molecule has 31 heavy (non-hydrogen) atoms. The van der Waals surface area contributed by atoms with Gasteiger partial charge in [0.25, 0.3) is 0 Å². The molecule has 7 nitrogen and oxygen atoms in total. The van der Waals surface area contributed by atoms with Gasteiger partial charge < -0.3 is 5.32 Å². The van der Waals surface area contributed by atoms with Crippen LogP contribution in [0.25, 0.3) is 22.0 Å². The lowest BCUT2D eigenvalue weighted by molar-refractivity contribution is 0.606. The Morgan fingerprint density at radius 3 is 2.52 bits per heavy atom. The van der Waals surface area contributed by atoms with Crippen molar-refractivity contribution in [3.63, 3.8) is 0 Å². The Morgan fingerprint density at radius 2 is 1.74 bits per heavy atom. The molecule has 0 radical (unpaired) electrons. The molecule has 2 aromatic carbocycles. The van der Waals surface area contributed by atoms with Gasteiger partial charge in [0, 0.05) is 23.7 Å². The number of pyridine rings is 1. The third-order valence-electron chi connectivity index (χ3n) is 4.90. The van der Waals surface area contributed by atoms with Crippen molar-refractivity contribution in [1.82, 2.24) is 15.0 Å². The Hall–Kier alpha value is -3.52. The molecule has 0 amide bonds. The zero-order chi connectivity index (χ0) is 21.8. The third kappa shape index (κ3) is 5.16. The Morgan fingerprint density at radius 1 is 0.935 bits per heavy atom. The van der Waals surface area contributed by atoms with Gasteiger partial charge in [-0.2, -0.15) is 0 Å². The SMILES string of the molecule is Cc1ncc(-c2ccc3ncnc(NCCc4ccccc4)c3c2)cc1NS(C)(=O)=O. The topological polar surface area (TPSA) is 96.9 Å². The van der Waals surface area contributed by atoms with Crippen LogP contribution in [0, 0.1) is 6.92 Å². The van der Waals surface area contributed by atoms with Crippen LogP contribution in [0.4, 0.5) is 11.5 Å². The molecule has 2 aromatic heterocycles. The van der Waals surface area contributed by atoms with Gasteiger partial charge in [0.1, 0.15) is 12.1 Å². The van der Waals surface area contributed by atoms with Crippen molar-refractivity contribution in [2.75, 3.05) is 22.8 Å². The van der Waals surface area contributed by atoms with Crippen molar-refractivity contribution in [3.8, 4) is 11.1 Å². The second-order valence-electron chi connectivity index (χ2n) is 7.35. The fourth-order valence-electron chi connectivity index (χ4n) is 3.34. The Balaban J connectivity index is 1.63. The highest BCUT2D eigenvalue weighted by molar-refractivity contribution is 7.92. The maximum absolute atomic E-state index is 11.7. The van der Waals surface area contributed by atoms with E-state index in [-0.39, 0.29) is 0 Å². The number of benzene rings is 2. The number of rotatable bonds is 7. The third-order valence-corrected chi connectivity index (χ3v) is 5.49. The summed E-state index contributed by atoms with van der Waals surface area (Å²) in [5.74, 6) is 0.761. The molecular weight excluding hydrogens is 410 g/mol. The van der Waals surface area contributed by atoms with E-state index in [4.69, 9.17) is 0 Å². The highest BCUT2D eigenvalue weighted by atomic mass is 32.2. The van der Waals surface area contributed by atoms with Gasteiger partial charge in [0.2, 0.25) is 10.0 Å². The smallest absolute Gasteiger partial charge is 0.229 e. The van der Waals surface area contributed by atoms with Crippen LogP contribution in [-0.4, -0.2) is 36.2 Å². The summed E-state index contributed by atoms with van der Waals surface area (Å²) in [5.41, 5.74) is 4.86. The first-order valence-electron chi connectivity index (χ1n) is 9.86. The monoisotopic (exact) mass is 433 g/mol. The average molecular weight is 434 g/mol. The van der Waals surface area contributed by atoms with Crippen molar-refractivity contribution in [3.05, 3.63) is 78.4 Å². The summed E-state index contributed by atoms with van der Waals surface area (Å²) in [6.45, 7) is 2.51. The summed E-state index contributed by atoms with van der Waals surface area (Å²) in [5, 5.41) is 4.30. The van der Waals surface area contributed by atoms with Crippen LogP contribution < -0.4 is 10.0 Å². The summed E-state index contributed by atoms with van der Waals surface area (Å²) in [4.78, 5) is 13.1. The standard InChI is InChI=1S/C23H23N5O2S/c1-16-22(28-31(2,29)30)13-19(14-25-16)18-8-9-21-20(12-18)23(27-15-26-21)24-11-10-17-6-4-3-5-7-17/h3-9,12-15,28H,10-11H2,1-2H3,(H,24,26,27). The highest BCUT2D eigenvalue weighted by Crippen LogP contribution is 2.29. The molecule has 0 aliphatic carbocycles. The van der Waals surface area contributed by atoms with Gasteiger partial charge in [0.05, 0.1) is 23.2 Å². The van der Waals surface area contributed by atoms with Crippen molar-refractivity contribution < 1.29 is 8.42 Å². The molecule has 0 fully saturated rings. The largest absolute Gasteiger partial charge is 0.369 e. The van der Waals surface area contributed by atoms with Crippen molar-refractivity contribution in [2.24, 2.45) is 0 Å². The molecule has 0 atom stereocenters. The number of aryl methyl sites for hydroxylation is 1. The van der Waals surface area contributed by atoms with Gasteiger partial charge in [-0.05, 0) is 42.7 Å². The Bertz CT molecular complexity index is 1320. The van der Waals surface area contributed by atoms with E-state index in [0.29, 0.717) is 11.4 Å². The number of hydrogen-bond acceptors (Lipinski definition) is 6. The number of anilines is 2. The van der Waals surface area contributed by atoms with Gasteiger partial charge in [-0.1, -0.05) is 36.4 Å². The molecule has 0 aliphatic rings. The Kier molecular flexibility index (Phi) is 5.81. The predicted molar refractivity (Wildman–Crippen MR) is 125 cm³/mol. The minimum atomic E-state index is -3.39. The normalized spacial score (nSPS) is 11.4. The minimum absolute atomic E-state index is 0.464. The van der Waals surface area contributed by atoms with Gasteiger partial charge in [-0.25, -0.2) is 18.4 Å². The first-order valence-corrected chi connectivity index (χ1v) is 11.8. The van der Waals surface area contributed by atoms with E-state index in [1.807, 2.05) is 36.4 Å². The van der Waals surface area contributed by atoms with E-state index in [1.165, 1.54) is 5.56 Å². The van der Waals surface area contributed by atoms with Gasteiger partial charge in [-0.3, -0.25) is 9.71 Å². The fourth-order valence-corrected chi connectivity index (χ4v) is 3.95. The maximum atomic E-state index is 11.7. The van der Waals surface area contributed by atoms with E-state index in [0.717, 1.165) is 47.1 Å². The van der Waals surface area contributed by atoms with E-state index in [9.17, 15) is 8.42 Å². The van der Waals surface area contributed by atoms with E-state index in [2.05, 4.69) is 37.1 Å². The predicted octanol–water partition coefficient (Wildman–Crippen LogP) is 4.03. The number of hydrogen-bond donors (Lipinski definition) is 2. The Labute approximate surface area is 181 Å². The molecule has 0 aliphatic heterocycles. The van der Waals surface area contributed by atoms with Crippen LogP contribution in [0.2, 0.25) is 0 Å². The van der Waals surface area contributed by atoms with Crippen LogP contribution in [0.3, 0.4) is 0 Å². The van der Waals surface area contributed by atoms with Crippen LogP contribution in [-0.2, 0) is 16.4 Å². The molecule has 0 spiro atoms. The number of sulfonamides is 1. The van der Waals surface area contributed by atoms with Crippen molar-refractivity contribution >= 4 is 32.4 Å². The van der Waals surface area contributed by atoms with Crippen LogP contribution in [0.1, 0.15) is 11.3 Å². The lowest BCUT2D eigenvalue weighted by atomic mass is 10.0. The van der Waals surface area contributed by atoms with Crippen molar-refractivity contribution in [1.29, 1.82) is 0 Å². The van der Waals surface area contributed by atoms with E-state index in [1.54, 1.807) is 25.5 Å². The lowest BCUT2D eigenvalue weighted by Gasteiger charge is -2.12. The zero-order valence-electron chi connectivity index (χ0n) is 17.3. The lowest BCUT2D eigenvalue weighted by Crippen LogP contribution is -2.11. The summed E-state index contributed by atoms with van der Waals surface area (Å²) in [6.07, 6.45) is 5.29. The average Bonchev–Trinajstić information content (AvgIpc) is 2.75. The molecular formula is C23H23N5O2S. The second-order valence-corrected chi connectivity index (χ2v) is 9.10. The first kappa shape index (κ1) is 20.7. The van der Waals surface area contributed by atoms with Crippen LogP contribution in [0.15, 0.2) is 67.1 Å². The molecule has 0 saturated carbocycles. The summed E-state index contributed by atoms with van der Waals surface area (Å²) < 4.78 is 25.8. The molecule has 2 N–H and O–H groups in total. The summed E-state index contributed by atoms with van der Waals surface area (Å²) >= 11 is 0. The molecule has 2 heterocycles. The minimum Gasteiger partial charge on any atom is -0.369 e. The quantitative estimate of drug-likeness (QED) is 0.457. The molecule has 4 aromatic rings. The fraction of sp³-hybridized carbons (Fsp3) is 0.174. The number of aromatic nitrogens is 3. The summed E-state index contributed by atoms with van der Waals surface area (Å²) in [6, 6.07) is 17.9. The van der Waals surface area contributed by atoms with Gasteiger partial charge in [-0.15, -0.1) is 0 Å². The van der Waals surface area contributed by atoms with E-state index < -0.39 is 10.0 Å². The van der Waals surface area contributed by atoms with Crippen LogP contribution in [0.5, 0.6) is 0 Å². The maximum Gasteiger partial charge on any atom is 0.229 e. The highest BCUT2D eigenvalue weighted by Gasteiger charge is 2.10. The zero-order valence-corrected chi connectivity index (χ0v) is 18.1. The molecule has 8 heteroatoms. The number of fused-ring (bicyclic) bond motifs is 1. The van der Waals surface area contributed by atoms with Crippen LogP contribution >= 0.6 is 0 Å². The molecule has 0 bridgehead atoms. The number of nitrogens with one attached hydrogen (secondary N) is 2. The number of nitrogens with zero attached hydrogens (tertiary/aromatic N) is 3. The van der Waals surface area contributed by atoms with Gasteiger partial charge in [0.15, 0.2) is 0 Å². The van der Waals surface area contributed by atoms with Gasteiger partial charge >= 0.3 is 0 Å². The molecule has 4 rings (SSSR count). The van der Waals surface area contributed by atoms with E-state index >= 15 is 0 Å². The summed E-state index contributed by atoms with van der Waals surface area (Å²) in [7, 11) is -3.39. The molecule has 0 saturated heterocycles. The first-order chi connectivity index (χ1) is 14.9.